The molecule has 5 nitrogen and oxygen atoms in total. The fourth-order valence-electron chi connectivity index (χ4n) is 1.63. The van der Waals surface area contributed by atoms with Gasteiger partial charge in [0, 0.05) is 12.3 Å². The van der Waals surface area contributed by atoms with Crippen molar-refractivity contribution in [3.63, 3.8) is 0 Å². The molecule has 0 spiro atoms. The lowest BCUT2D eigenvalue weighted by Gasteiger charge is -2.10. The standard InChI is InChI=1S/C12H12ClN3O2S/c1-8-14-11(13)7-12(15-8)16-9-5-3-4-6-10(9)19(2,17)18/h3-7H,1-2H3,(H,14,15,16). The highest BCUT2D eigenvalue weighted by molar-refractivity contribution is 7.90. The van der Waals surface area contributed by atoms with E-state index in [1.165, 1.54) is 12.1 Å². The molecule has 7 heteroatoms. The first-order chi connectivity index (χ1) is 8.86. The Morgan fingerprint density at radius 3 is 2.53 bits per heavy atom. The van der Waals surface area contributed by atoms with E-state index in [1.807, 2.05) is 0 Å². The molecular weight excluding hydrogens is 286 g/mol. The van der Waals surface area contributed by atoms with Crippen molar-refractivity contribution in [1.29, 1.82) is 0 Å². The number of hydrogen-bond donors (Lipinski definition) is 1. The van der Waals surface area contributed by atoms with Gasteiger partial charge < -0.3 is 5.32 Å². The van der Waals surface area contributed by atoms with Crippen molar-refractivity contribution in [1.82, 2.24) is 9.97 Å². The molecule has 0 unspecified atom stereocenters. The molecule has 0 aliphatic heterocycles. The molecule has 0 atom stereocenters. The van der Waals surface area contributed by atoms with E-state index in [0.717, 1.165) is 6.26 Å². The molecule has 0 fully saturated rings. The Hall–Kier alpha value is -1.66. The van der Waals surface area contributed by atoms with Gasteiger partial charge in [-0.05, 0) is 19.1 Å². The van der Waals surface area contributed by atoms with Crippen molar-refractivity contribution in [2.45, 2.75) is 11.8 Å². The Bertz CT molecular complexity index is 696. The van der Waals surface area contributed by atoms with Crippen LogP contribution in [0.5, 0.6) is 0 Å². The molecule has 19 heavy (non-hydrogen) atoms. The minimum Gasteiger partial charge on any atom is -0.339 e. The van der Waals surface area contributed by atoms with E-state index in [-0.39, 0.29) is 4.90 Å². The van der Waals surface area contributed by atoms with E-state index in [2.05, 4.69) is 15.3 Å². The number of aryl methyl sites for hydroxylation is 1. The van der Waals surface area contributed by atoms with Gasteiger partial charge in [0.2, 0.25) is 0 Å². The van der Waals surface area contributed by atoms with Crippen LogP contribution in [-0.4, -0.2) is 24.6 Å². The summed E-state index contributed by atoms with van der Waals surface area (Å²) >= 11 is 5.84. The van der Waals surface area contributed by atoms with E-state index in [0.29, 0.717) is 22.5 Å². The zero-order valence-corrected chi connectivity index (χ0v) is 12.0. The first-order valence-corrected chi connectivity index (χ1v) is 7.70. The van der Waals surface area contributed by atoms with Crippen molar-refractivity contribution < 1.29 is 8.42 Å². The number of nitrogens with zero attached hydrogens (tertiary/aromatic N) is 2. The zero-order valence-electron chi connectivity index (χ0n) is 10.4. The maximum Gasteiger partial charge on any atom is 0.177 e. The van der Waals surface area contributed by atoms with Gasteiger partial charge in [0.25, 0.3) is 0 Å². The van der Waals surface area contributed by atoms with E-state index in [9.17, 15) is 8.42 Å². The maximum atomic E-state index is 11.7. The first-order valence-electron chi connectivity index (χ1n) is 5.43. The minimum absolute atomic E-state index is 0.211. The van der Waals surface area contributed by atoms with E-state index < -0.39 is 9.84 Å². The fourth-order valence-corrected chi connectivity index (χ4v) is 2.70. The highest BCUT2D eigenvalue weighted by Gasteiger charge is 2.13. The second-order valence-corrected chi connectivity index (χ2v) is 6.39. The lowest BCUT2D eigenvalue weighted by atomic mass is 10.3. The van der Waals surface area contributed by atoms with Crippen molar-refractivity contribution in [2.75, 3.05) is 11.6 Å². The van der Waals surface area contributed by atoms with Crippen LogP contribution < -0.4 is 5.32 Å². The smallest absolute Gasteiger partial charge is 0.177 e. The third-order valence-corrected chi connectivity index (χ3v) is 3.70. The molecule has 2 rings (SSSR count). The predicted molar refractivity (Wildman–Crippen MR) is 74.6 cm³/mol. The second-order valence-electron chi connectivity index (χ2n) is 4.02. The van der Waals surface area contributed by atoms with Crippen LogP contribution in [0.3, 0.4) is 0 Å². The molecule has 0 bridgehead atoms. The summed E-state index contributed by atoms with van der Waals surface area (Å²) in [7, 11) is -3.31. The number of nitrogens with one attached hydrogen (secondary N) is 1. The number of halogens is 1. The van der Waals surface area contributed by atoms with Gasteiger partial charge in [-0.2, -0.15) is 0 Å². The van der Waals surface area contributed by atoms with Gasteiger partial charge in [-0.15, -0.1) is 0 Å². The topological polar surface area (TPSA) is 72.0 Å². The average Bonchev–Trinajstić information content (AvgIpc) is 2.26. The third-order valence-electron chi connectivity index (χ3n) is 2.36. The molecule has 0 saturated heterocycles. The molecule has 0 saturated carbocycles. The van der Waals surface area contributed by atoms with Gasteiger partial charge in [0.1, 0.15) is 16.8 Å². The van der Waals surface area contributed by atoms with E-state index in [1.54, 1.807) is 25.1 Å². The quantitative estimate of drug-likeness (QED) is 0.882. The predicted octanol–water partition coefficient (Wildman–Crippen LogP) is 2.59. The summed E-state index contributed by atoms with van der Waals surface area (Å²) in [6.07, 6.45) is 1.16. The van der Waals surface area contributed by atoms with Crippen molar-refractivity contribution in [2.24, 2.45) is 0 Å². The molecular formula is C12H12ClN3O2S. The number of sulfone groups is 1. The molecule has 1 aromatic heterocycles. The Balaban J connectivity index is 2.44. The average molecular weight is 298 g/mol. The van der Waals surface area contributed by atoms with E-state index >= 15 is 0 Å². The highest BCUT2D eigenvalue weighted by atomic mass is 35.5. The Morgan fingerprint density at radius 1 is 1.21 bits per heavy atom. The van der Waals surface area contributed by atoms with Crippen LogP contribution in [0.15, 0.2) is 35.2 Å². The molecule has 1 N–H and O–H groups in total. The van der Waals surface area contributed by atoms with Crippen LogP contribution in [0.25, 0.3) is 0 Å². The van der Waals surface area contributed by atoms with Crippen LogP contribution in [0, 0.1) is 6.92 Å². The number of hydrogen-bond acceptors (Lipinski definition) is 5. The van der Waals surface area contributed by atoms with Crippen LogP contribution in [-0.2, 0) is 9.84 Å². The summed E-state index contributed by atoms with van der Waals surface area (Å²) in [5.41, 5.74) is 0.458. The fraction of sp³-hybridized carbons (Fsp3) is 0.167. The van der Waals surface area contributed by atoms with Gasteiger partial charge in [-0.1, -0.05) is 23.7 Å². The molecule has 100 valence electrons. The van der Waals surface area contributed by atoms with Gasteiger partial charge >= 0.3 is 0 Å². The molecule has 0 radical (unpaired) electrons. The van der Waals surface area contributed by atoms with Gasteiger partial charge in [-0.25, -0.2) is 18.4 Å². The number of rotatable bonds is 3. The largest absolute Gasteiger partial charge is 0.339 e. The van der Waals surface area contributed by atoms with Gasteiger partial charge in [0.15, 0.2) is 9.84 Å². The van der Waals surface area contributed by atoms with Gasteiger partial charge in [-0.3, -0.25) is 0 Å². The third kappa shape index (κ3) is 3.42. The number of anilines is 2. The number of benzene rings is 1. The lowest BCUT2D eigenvalue weighted by molar-refractivity contribution is 0.602. The van der Waals surface area contributed by atoms with Crippen molar-refractivity contribution in [3.05, 3.63) is 41.3 Å². The van der Waals surface area contributed by atoms with Crippen molar-refractivity contribution in [3.8, 4) is 0 Å². The van der Waals surface area contributed by atoms with Gasteiger partial charge in [0.05, 0.1) is 10.6 Å². The maximum absolute atomic E-state index is 11.7. The summed E-state index contributed by atoms with van der Waals surface area (Å²) in [5, 5.41) is 3.24. The lowest BCUT2D eigenvalue weighted by Crippen LogP contribution is -2.04. The summed E-state index contributed by atoms with van der Waals surface area (Å²) in [5.74, 6) is 0.959. The minimum atomic E-state index is -3.31. The molecule has 1 heterocycles. The Morgan fingerprint density at radius 2 is 1.89 bits per heavy atom. The summed E-state index contributed by atoms with van der Waals surface area (Å²) in [6.45, 7) is 1.71. The van der Waals surface area contributed by atoms with Crippen LogP contribution in [0.2, 0.25) is 5.15 Å². The number of aromatic nitrogens is 2. The second kappa shape index (κ2) is 5.14. The van der Waals surface area contributed by atoms with E-state index in [4.69, 9.17) is 11.6 Å². The highest BCUT2D eigenvalue weighted by Crippen LogP contribution is 2.24. The zero-order chi connectivity index (χ0) is 14.0. The van der Waals surface area contributed by atoms with Crippen LogP contribution in [0.1, 0.15) is 5.82 Å². The molecule has 1 aromatic carbocycles. The molecule has 0 aliphatic rings. The summed E-state index contributed by atoms with van der Waals surface area (Å²) < 4.78 is 23.4. The first kappa shape index (κ1) is 13.8. The molecule has 0 aliphatic carbocycles. The molecule has 2 aromatic rings. The molecule has 0 amide bonds. The monoisotopic (exact) mass is 297 g/mol. The number of para-hydroxylation sites is 1. The summed E-state index contributed by atoms with van der Waals surface area (Å²) in [6, 6.07) is 8.15. The SMILES string of the molecule is Cc1nc(Cl)cc(Nc2ccccc2S(C)(=O)=O)n1. The normalized spacial score (nSPS) is 11.3. The van der Waals surface area contributed by atoms with Crippen molar-refractivity contribution >= 4 is 32.9 Å². The Labute approximate surface area is 116 Å². The summed E-state index contributed by atoms with van der Waals surface area (Å²) in [4.78, 5) is 8.30. The van der Waals surface area contributed by atoms with Crippen LogP contribution >= 0.6 is 11.6 Å². The Kier molecular flexibility index (Phi) is 3.73. The van der Waals surface area contributed by atoms with Crippen LogP contribution in [0.4, 0.5) is 11.5 Å².